The molecule has 0 saturated carbocycles. The van der Waals surface area contributed by atoms with Gasteiger partial charge in [-0.3, -0.25) is 4.79 Å². The molecule has 1 amide bonds. The van der Waals surface area contributed by atoms with Crippen molar-refractivity contribution in [2.75, 3.05) is 19.0 Å². The molecule has 264 valence electrons. The van der Waals surface area contributed by atoms with Gasteiger partial charge in [-0.15, -0.1) is 11.3 Å². The minimum absolute atomic E-state index is 0.0305. The number of hydrogen-bond acceptors (Lipinski definition) is 6. The molecule has 2 rings (SSSR count). The Labute approximate surface area is 284 Å². The number of allylic oxidation sites excluding steroid dienone is 3. The predicted octanol–water partition coefficient (Wildman–Crippen LogP) is 9.79. The van der Waals surface area contributed by atoms with E-state index >= 15 is 0 Å². The minimum Gasteiger partial charge on any atom is -0.393 e. The molecule has 3 atom stereocenters. The summed E-state index contributed by atoms with van der Waals surface area (Å²) in [6.07, 6.45) is 2.84. The zero-order valence-electron chi connectivity index (χ0n) is 29.7. The van der Waals surface area contributed by atoms with E-state index in [1.807, 2.05) is 47.6 Å². The zero-order valence-corrected chi connectivity index (χ0v) is 30.5. The first kappa shape index (κ1) is 42.1. The van der Waals surface area contributed by atoms with E-state index in [2.05, 4.69) is 25.7 Å². The van der Waals surface area contributed by atoms with Gasteiger partial charge in [-0.2, -0.15) is 13.2 Å². The Bertz CT molecular complexity index is 1310. The van der Waals surface area contributed by atoms with Crippen LogP contribution in [0, 0.1) is 25.7 Å². The highest BCUT2D eigenvalue weighted by molar-refractivity contribution is 7.11. The van der Waals surface area contributed by atoms with Gasteiger partial charge in [0.05, 0.1) is 23.4 Å². The van der Waals surface area contributed by atoms with E-state index < -0.39 is 30.1 Å². The number of amides is 1. The number of carbonyl (C=O) groups excluding carboxylic acids is 1. The number of nitrogens with one attached hydrogen (secondary N) is 1. The fraction of sp³-hybridized carbons (Fsp3) is 0.568. The van der Waals surface area contributed by atoms with Gasteiger partial charge >= 0.3 is 6.18 Å². The van der Waals surface area contributed by atoms with E-state index in [4.69, 9.17) is 15.2 Å². The number of nitrogens with zero attached hydrogens (tertiary/aromatic N) is 2. The number of rotatable bonds is 16. The Morgan fingerprint density at radius 2 is 1.68 bits per heavy atom. The molecule has 47 heavy (non-hydrogen) atoms. The number of aromatic nitrogens is 1. The molecule has 1 aromatic carbocycles. The summed E-state index contributed by atoms with van der Waals surface area (Å²) < 4.78 is 42.7. The fourth-order valence-electron chi connectivity index (χ4n) is 5.48. The third kappa shape index (κ3) is 12.5. The standard InChI is InChI=1S/C30H42F3N3OS.C7H14O2/c1-9-13-23(14-10-2)29(37)36(8)28(30(31,32)33)22-15-17-24(18-16-22)35-25(12-4)26(19(5)11-3)27-20(6)38-21(7)34-27;1-3-4-6(2)7(9)5-8/h12,15-19,23,28,35H,4,9-11,13-14H2,1-3,5-8H3;4,7-9H,3,5H2,1-2H3/b26-25+;/t19?,28-;/m0./s1. The molecule has 0 fully saturated rings. The number of thiazole rings is 1. The van der Waals surface area contributed by atoms with Crippen molar-refractivity contribution in [1.82, 2.24) is 9.88 Å². The third-order valence-corrected chi connectivity index (χ3v) is 9.04. The molecule has 2 aromatic rings. The molecule has 0 spiro atoms. The maximum Gasteiger partial charge on any atom is 0.413 e. The quantitative estimate of drug-likeness (QED) is 0.122. The van der Waals surface area contributed by atoms with Gasteiger partial charge < -0.3 is 20.4 Å². The number of aliphatic hydroxyl groups is 2. The van der Waals surface area contributed by atoms with Crippen molar-refractivity contribution >= 4 is 28.5 Å². The summed E-state index contributed by atoms with van der Waals surface area (Å²) >= 11 is 1.63. The predicted molar refractivity (Wildman–Crippen MR) is 190 cm³/mol. The SMILES string of the molecule is C=C/C(Nc1ccc([C@H](N(C)C(=O)C(CCC)CCC)C(F)(F)F)cc1)=C(\c1nc(C)sc1C)C(C)CC.CCC=C(C)C(O)CO. The number of aryl methyl sites for hydroxylation is 2. The lowest BCUT2D eigenvalue weighted by Gasteiger charge is -2.33. The molecule has 6 nitrogen and oxygen atoms in total. The van der Waals surface area contributed by atoms with Crippen molar-refractivity contribution < 1.29 is 28.2 Å². The summed E-state index contributed by atoms with van der Waals surface area (Å²) in [6.45, 7) is 19.7. The average molecular weight is 680 g/mol. The van der Waals surface area contributed by atoms with Crippen LogP contribution in [0.1, 0.15) is 107 Å². The maximum absolute atomic E-state index is 14.2. The zero-order chi connectivity index (χ0) is 35.9. The molecule has 1 aromatic heterocycles. The largest absolute Gasteiger partial charge is 0.413 e. The molecular weight excluding hydrogens is 623 g/mol. The van der Waals surface area contributed by atoms with Crippen LogP contribution in [-0.4, -0.2) is 51.9 Å². The van der Waals surface area contributed by atoms with E-state index in [-0.39, 0.29) is 18.1 Å². The Hall–Kier alpha value is -2.95. The fourth-order valence-corrected chi connectivity index (χ4v) is 6.31. The molecule has 0 aliphatic rings. The minimum atomic E-state index is -4.60. The topological polar surface area (TPSA) is 85.7 Å². The van der Waals surface area contributed by atoms with Crippen molar-refractivity contribution in [3.05, 3.63) is 75.4 Å². The first-order valence-corrected chi connectivity index (χ1v) is 17.4. The first-order valence-electron chi connectivity index (χ1n) is 16.6. The van der Waals surface area contributed by atoms with Crippen molar-refractivity contribution in [3.8, 4) is 0 Å². The van der Waals surface area contributed by atoms with Crippen LogP contribution in [0.5, 0.6) is 0 Å². The van der Waals surface area contributed by atoms with E-state index in [0.717, 1.165) is 63.0 Å². The van der Waals surface area contributed by atoms with Crippen LogP contribution in [0.15, 0.2) is 54.3 Å². The van der Waals surface area contributed by atoms with Crippen molar-refractivity contribution in [2.45, 2.75) is 112 Å². The van der Waals surface area contributed by atoms with E-state index in [0.29, 0.717) is 18.5 Å². The van der Waals surface area contributed by atoms with E-state index in [1.54, 1.807) is 29.5 Å². The van der Waals surface area contributed by atoms with Gasteiger partial charge in [-0.1, -0.05) is 72.2 Å². The number of hydrogen-bond donors (Lipinski definition) is 3. The lowest BCUT2D eigenvalue weighted by molar-refractivity contribution is -0.190. The average Bonchev–Trinajstić information content (AvgIpc) is 3.36. The number of halogens is 3. The highest BCUT2D eigenvalue weighted by Crippen LogP contribution is 2.39. The molecule has 0 saturated heterocycles. The van der Waals surface area contributed by atoms with E-state index in [1.165, 1.54) is 19.2 Å². The van der Waals surface area contributed by atoms with Gasteiger partial charge in [-0.25, -0.2) is 4.98 Å². The second kappa shape index (κ2) is 20.4. The summed E-state index contributed by atoms with van der Waals surface area (Å²) in [5, 5.41) is 21.7. The maximum atomic E-state index is 14.2. The molecule has 10 heteroatoms. The van der Waals surface area contributed by atoms with Crippen LogP contribution in [-0.2, 0) is 4.79 Å². The number of carbonyl (C=O) groups is 1. The number of aliphatic hydroxyl groups excluding tert-OH is 2. The molecule has 0 radical (unpaired) electrons. The molecule has 3 N–H and O–H groups in total. The number of benzene rings is 1. The molecule has 0 aliphatic carbocycles. The summed E-state index contributed by atoms with van der Waals surface area (Å²) in [4.78, 5) is 19.8. The van der Waals surface area contributed by atoms with Crippen LogP contribution in [0.2, 0.25) is 0 Å². The third-order valence-electron chi connectivity index (χ3n) is 8.16. The Kier molecular flexibility index (Phi) is 18.3. The van der Waals surface area contributed by atoms with Crippen LogP contribution in [0.3, 0.4) is 0 Å². The van der Waals surface area contributed by atoms with Gasteiger partial charge in [-0.05, 0) is 81.7 Å². The Morgan fingerprint density at radius 1 is 1.11 bits per heavy atom. The van der Waals surface area contributed by atoms with Gasteiger partial charge in [0, 0.05) is 34.8 Å². The van der Waals surface area contributed by atoms with Crippen LogP contribution < -0.4 is 5.32 Å². The van der Waals surface area contributed by atoms with Crippen molar-refractivity contribution in [3.63, 3.8) is 0 Å². The van der Waals surface area contributed by atoms with Gasteiger partial charge in [0.1, 0.15) is 0 Å². The normalized spacial score (nSPS) is 14.5. The second-order valence-corrected chi connectivity index (χ2v) is 13.4. The Morgan fingerprint density at radius 3 is 2.09 bits per heavy atom. The molecule has 1 heterocycles. The summed E-state index contributed by atoms with van der Waals surface area (Å²) in [7, 11) is 1.26. The lowest BCUT2D eigenvalue weighted by Crippen LogP contribution is -2.42. The van der Waals surface area contributed by atoms with Crippen LogP contribution in [0.25, 0.3) is 5.57 Å². The lowest BCUT2D eigenvalue weighted by atomic mass is 9.92. The van der Waals surface area contributed by atoms with Crippen LogP contribution in [0.4, 0.5) is 18.9 Å². The van der Waals surface area contributed by atoms with E-state index in [9.17, 15) is 18.0 Å². The molecule has 0 bridgehead atoms. The highest BCUT2D eigenvalue weighted by atomic mass is 32.1. The monoisotopic (exact) mass is 679 g/mol. The van der Waals surface area contributed by atoms with Gasteiger partial charge in [0.2, 0.25) is 5.91 Å². The van der Waals surface area contributed by atoms with Gasteiger partial charge in [0.25, 0.3) is 0 Å². The smallest absolute Gasteiger partial charge is 0.393 e. The highest BCUT2D eigenvalue weighted by Gasteiger charge is 2.46. The first-order chi connectivity index (χ1) is 22.1. The van der Waals surface area contributed by atoms with Crippen LogP contribution >= 0.6 is 11.3 Å². The van der Waals surface area contributed by atoms with Crippen molar-refractivity contribution in [2.24, 2.45) is 11.8 Å². The van der Waals surface area contributed by atoms with Crippen molar-refractivity contribution in [1.29, 1.82) is 0 Å². The summed E-state index contributed by atoms with van der Waals surface area (Å²) in [5.74, 6) is -0.663. The van der Waals surface area contributed by atoms with Gasteiger partial charge in [0.15, 0.2) is 6.04 Å². The molecular formula is C37H56F3N3O3S. The number of alkyl halides is 3. The summed E-state index contributed by atoms with van der Waals surface area (Å²) in [6, 6.07) is 4.13. The molecule has 0 aliphatic heterocycles. The number of anilines is 1. The second-order valence-electron chi connectivity index (χ2n) is 11.9. The molecule has 2 unspecified atom stereocenters. The Balaban J connectivity index is 0.00000107. The summed E-state index contributed by atoms with van der Waals surface area (Å²) in [5.41, 5.74) is 4.25.